The smallest absolute Gasteiger partial charge is 0.280 e. The number of benzene rings is 1. The zero-order valence-corrected chi connectivity index (χ0v) is 11.5. The second-order valence-electron chi connectivity index (χ2n) is 5.10. The fourth-order valence-electron chi connectivity index (χ4n) is 2.12. The number of fused-ring (bicyclic) bond motifs is 1. The summed E-state index contributed by atoms with van der Waals surface area (Å²) in [6.07, 6.45) is 0.432. The molecule has 0 saturated carbocycles. The molecule has 1 aliphatic heterocycles. The van der Waals surface area contributed by atoms with E-state index in [1.165, 1.54) is 12.1 Å². The number of amides is 1. The van der Waals surface area contributed by atoms with Gasteiger partial charge in [-0.25, -0.2) is 8.42 Å². The quantitative estimate of drug-likeness (QED) is 0.564. The Hall–Kier alpha value is -1.89. The molecule has 1 aromatic rings. The number of rotatable bonds is 1. The summed E-state index contributed by atoms with van der Waals surface area (Å²) in [7, 11) is -3.43. The minimum atomic E-state index is -3.43. The summed E-state index contributed by atoms with van der Waals surface area (Å²) in [6, 6.07) is 4.51. The average Bonchev–Trinajstić information content (AvgIpc) is 2.44. The van der Waals surface area contributed by atoms with Crippen LogP contribution in [0.25, 0.3) is 0 Å². The normalized spacial score (nSPS) is 18.6. The third-order valence-electron chi connectivity index (χ3n) is 3.18. The minimum Gasteiger partial charge on any atom is -0.370 e. The summed E-state index contributed by atoms with van der Waals surface area (Å²) in [5, 5.41) is 0. The fourth-order valence-corrected chi connectivity index (χ4v) is 3.83. The second-order valence-corrected chi connectivity index (χ2v) is 7.66. The van der Waals surface area contributed by atoms with Crippen LogP contribution < -0.4 is 11.5 Å². The molecule has 1 amide bonds. The summed E-state index contributed by atoms with van der Waals surface area (Å²) in [4.78, 5) is 15.3. The van der Waals surface area contributed by atoms with Crippen LogP contribution in [0.15, 0.2) is 28.1 Å². The zero-order valence-electron chi connectivity index (χ0n) is 10.7. The zero-order chi connectivity index (χ0) is 14.4. The van der Waals surface area contributed by atoms with Crippen LogP contribution in [0.1, 0.15) is 29.8 Å². The van der Waals surface area contributed by atoms with Gasteiger partial charge in [0.25, 0.3) is 5.91 Å². The number of hydrogen-bond acceptors (Lipinski definition) is 3. The van der Waals surface area contributed by atoms with Gasteiger partial charge in [0.1, 0.15) is 0 Å². The van der Waals surface area contributed by atoms with Crippen molar-refractivity contribution in [1.29, 1.82) is 0 Å². The van der Waals surface area contributed by atoms with Crippen LogP contribution in [0.5, 0.6) is 0 Å². The highest BCUT2D eigenvalue weighted by molar-refractivity contribution is 7.93. The maximum atomic E-state index is 12.3. The Morgan fingerprint density at radius 3 is 2.53 bits per heavy atom. The van der Waals surface area contributed by atoms with E-state index >= 15 is 0 Å². The lowest BCUT2D eigenvalue weighted by molar-refractivity contribution is 0.100. The monoisotopic (exact) mass is 281 g/mol. The van der Waals surface area contributed by atoms with Gasteiger partial charge in [-0.3, -0.25) is 4.79 Å². The molecule has 0 atom stereocenters. The van der Waals surface area contributed by atoms with E-state index in [4.69, 9.17) is 11.5 Å². The number of nitrogens with two attached hydrogens (primary N) is 2. The number of nitrogens with zero attached hydrogens (tertiary/aromatic N) is 1. The topological polar surface area (TPSA) is 116 Å². The molecule has 1 aromatic carbocycles. The third-order valence-corrected chi connectivity index (χ3v) is 5.74. The lowest BCUT2D eigenvalue weighted by Crippen LogP contribution is -2.27. The Morgan fingerprint density at radius 2 is 1.95 bits per heavy atom. The van der Waals surface area contributed by atoms with E-state index in [-0.39, 0.29) is 16.4 Å². The van der Waals surface area contributed by atoms with Crippen LogP contribution in [0.4, 0.5) is 0 Å². The van der Waals surface area contributed by atoms with Gasteiger partial charge < -0.3 is 11.5 Å². The van der Waals surface area contributed by atoms with E-state index in [0.717, 1.165) is 0 Å². The van der Waals surface area contributed by atoms with Gasteiger partial charge in [-0.15, -0.1) is 0 Å². The number of carbonyl (C=O) groups is 1. The lowest BCUT2D eigenvalue weighted by Gasteiger charge is -2.15. The molecule has 0 saturated heterocycles. The minimum absolute atomic E-state index is 0.161. The molecule has 2 rings (SSSR count). The van der Waals surface area contributed by atoms with Crippen LogP contribution in [0, 0.1) is 0 Å². The molecule has 0 unspecified atom stereocenters. The molecule has 1 heterocycles. The van der Waals surface area contributed by atoms with Crippen molar-refractivity contribution in [3.8, 4) is 0 Å². The van der Waals surface area contributed by atoms with Gasteiger partial charge in [-0.1, -0.05) is 6.07 Å². The largest absolute Gasteiger partial charge is 0.370 e. The van der Waals surface area contributed by atoms with E-state index in [9.17, 15) is 13.2 Å². The van der Waals surface area contributed by atoms with Crippen molar-refractivity contribution in [2.75, 3.05) is 0 Å². The Morgan fingerprint density at radius 1 is 1.32 bits per heavy atom. The van der Waals surface area contributed by atoms with Crippen LogP contribution in [-0.2, 0) is 16.3 Å². The fraction of sp³-hybridized carbons (Fsp3) is 0.333. The molecule has 7 heteroatoms. The second kappa shape index (κ2) is 4.06. The van der Waals surface area contributed by atoms with Gasteiger partial charge in [0.05, 0.1) is 9.64 Å². The molecular weight excluding hydrogens is 266 g/mol. The summed E-state index contributed by atoms with van der Waals surface area (Å²) < 4.78 is 23.8. The highest BCUT2D eigenvalue weighted by atomic mass is 32.2. The summed E-state index contributed by atoms with van der Waals surface area (Å²) in [6.45, 7) is 3.33. The van der Waals surface area contributed by atoms with E-state index in [2.05, 4.69) is 4.99 Å². The lowest BCUT2D eigenvalue weighted by atomic mass is 10.0. The van der Waals surface area contributed by atoms with Gasteiger partial charge in [0.15, 0.2) is 15.8 Å². The van der Waals surface area contributed by atoms with Crippen molar-refractivity contribution >= 4 is 21.7 Å². The maximum Gasteiger partial charge on any atom is 0.280 e. The van der Waals surface area contributed by atoms with Crippen LogP contribution >= 0.6 is 0 Å². The summed E-state index contributed by atoms with van der Waals surface area (Å²) in [5.41, 5.74) is 11.1. The Balaban J connectivity index is 2.55. The summed E-state index contributed by atoms with van der Waals surface area (Å²) in [5.74, 6) is -1.00. The number of carbonyl (C=O) groups excluding carboxylic acids is 1. The van der Waals surface area contributed by atoms with E-state index < -0.39 is 20.5 Å². The van der Waals surface area contributed by atoms with Crippen LogP contribution in [0.3, 0.4) is 0 Å². The Bertz CT molecular complexity index is 686. The first kappa shape index (κ1) is 13.5. The SMILES string of the molecule is CC1(C)Cc2ccc(C(=O)N=C(N)N)cc2S1(=O)=O. The van der Waals surface area contributed by atoms with Crippen molar-refractivity contribution < 1.29 is 13.2 Å². The predicted molar refractivity (Wildman–Crippen MR) is 71.6 cm³/mol. The van der Waals surface area contributed by atoms with E-state index in [1.54, 1.807) is 19.9 Å². The molecule has 1 aliphatic rings. The summed E-state index contributed by atoms with van der Waals surface area (Å²) >= 11 is 0. The van der Waals surface area contributed by atoms with Crippen LogP contribution in [-0.4, -0.2) is 25.0 Å². The third kappa shape index (κ3) is 2.10. The maximum absolute atomic E-state index is 12.3. The predicted octanol–water partition coefficient (Wildman–Crippen LogP) is 0.209. The average molecular weight is 281 g/mol. The van der Waals surface area contributed by atoms with Gasteiger partial charge in [0, 0.05) is 5.56 Å². The Labute approximate surface area is 111 Å². The Kier molecular flexibility index (Phi) is 2.89. The number of hydrogen-bond donors (Lipinski definition) is 2. The van der Waals surface area contributed by atoms with Crippen molar-refractivity contribution in [2.24, 2.45) is 16.5 Å². The first-order chi connectivity index (χ1) is 8.65. The van der Waals surface area contributed by atoms with Crippen molar-refractivity contribution in [2.45, 2.75) is 29.9 Å². The van der Waals surface area contributed by atoms with Gasteiger partial charge in [0.2, 0.25) is 0 Å². The number of guanidine groups is 1. The first-order valence-electron chi connectivity index (χ1n) is 5.67. The van der Waals surface area contributed by atoms with Gasteiger partial charge in [-0.05, 0) is 38.0 Å². The molecule has 102 valence electrons. The highest BCUT2D eigenvalue weighted by Gasteiger charge is 2.43. The molecule has 0 aromatic heterocycles. The van der Waals surface area contributed by atoms with Gasteiger partial charge >= 0.3 is 0 Å². The number of sulfone groups is 1. The van der Waals surface area contributed by atoms with Gasteiger partial charge in [-0.2, -0.15) is 4.99 Å². The van der Waals surface area contributed by atoms with Crippen LogP contribution in [0.2, 0.25) is 0 Å². The van der Waals surface area contributed by atoms with E-state index in [0.29, 0.717) is 12.0 Å². The first-order valence-corrected chi connectivity index (χ1v) is 7.15. The molecule has 0 fully saturated rings. The van der Waals surface area contributed by atoms with Crippen molar-refractivity contribution in [3.05, 3.63) is 29.3 Å². The van der Waals surface area contributed by atoms with Crippen molar-refractivity contribution in [1.82, 2.24) is 0 Å². The molecule has 6 nitrogen and oxygen atoms in total. The standard InChI is InChI=1S/C12H15N3O3S/c1-12(2)6-8-4-3-7(10(16)15-11(13)14)5-9(8)19(12,17)18/h3-5H,6H2,1-2H3,(H4,13,14,15,16). The molecule has 0 radical (unpaired) electrons. The molecule has 4 N–H and O–H groups in total. The number of aliphatic imine (C=N–C) groups is 1. The van der Waals surface area contributed by atoms with Crippen molar-refractivity contribution in [3.63, 3.8) is 0 Å². The molecule has 0 bridgehead atoms. The molecule has 0 spiro atoms. The molecule has 19 heavy (non-hydrogen) atoms. The molecule has 0 aliphatic carbocycles. The van der Waals surface area contributed by atoms with E-state index in [1.807, 2.05) is 0 Å². The molecular formula is C12H15N3O3S. The highest BCUT2D eigenvalue weighted by Crippen LogP contribution is 2.39.